The van der Waals surface area contributed by atoms with Crippen LogP contribution in [0, 0.1) is 0 Å². The number of rotatable bonds is 5. The minimum absolute atomic E-state index is 0.587. The van der Waals surface area contributed by atoms with Crippen molar-refractivity contribution in [1.82, 2.24) is 19.5 Å². The minimum Gasteiger partial charge on any atom is -0.456 e. The molecule has 0 aliphatic carbocycles. The maximum atomic E-state index is 6.26. The Hall–Kier alpha value is -8.93. The molecule has 5 nitrogen and oxygen atoms in total. The number of nitrogens with zero attached hydrogens (tertiary/aromatic N) is 4. The molecule has 0 N–H and O–H groups in total. The lowest BCUT2D eigenvalue weighted by Crippen LogP contribution is -2.04. The highest BCUT2D eigenvalue weighted by molar-refractivity contribution is 6.24. The summed E-state index contributed by atoms with van der Waals surface area (Å²) in [6.45, 7) is 0. The first-order valence-corrected chi connectivity index (χ1v) is 22.3. The van der Waals surface area contributed by atoms with Gasteiger partial charge in [-0.05, 0) is 97.4 Å². The van der Waals surface area contributed by atoms with Gasteiger partial charge in [-0.1, -0.05) is 170 Å². The number of fused-ring (bicyclic) bond motifs is 11. The van der Waals surface area contributed by atoms with Crippen LogP contribution in [-0.4, -0.2) is 19.5 Å². The number of benzene rings is 11. The second kappa shape index (κ2) is 14.3. The lowest BCUT2D eigenvalue weighted by Gasteiger charge is -2.20. The van der Waals surface area contributed by atoms with E-state index in [4.69, 9.17) is 19.4 Å². The summed E-state index contributed by atoms with van der Waals surface area (Å²) in [5.41, 5.74) is 9.92. The molecule has 0 aliphatic rings. The topological polar surface area (TPSA) is 56.7 Å². The zero-order valence-electron chi connectivity index (χ0n) is 35.5. The maximum Gasteiger partial charge on any atom is 0.165 e. The lowest BCUT2D eigenvalue weighted by atomic mass is 9.89. The van der Waals surface area contributed by atoms with Crippen molar-refractivity contribution in [1.29, 1.82) is 0 Å². The smallest absolute Gasteiger partial charge is 0.165 e. The van der Waals surface area contributed by atoms with E-state index in [1.807, 2.05) is 42.5 Å². The van der Waals surface area contributed by atoms with Gasteiger partial charge in [0, 0.05) is 43.6 Å². The van der Waals surface area contributed by atoms with E-state index in [1.54, 1.807) is 0 Å². The highest BCUT2D eigenvalue weighted by atomic mass is 16.3. The van der Waals surface area contributed by atoms with E-state index in [1.165, 1.54) is 32.3 Å². The number of furan rings is 1. The molecule has 3 aromatic heterocycles. The Labute approximate surface area is 378 Å². The fraction of sp³-hybridized carbons (Fsp3) is 0. The monoisotopic (exact) mass is 840 g/mol. The largest absolute Gasteiger partial charge is 0.456 e. The van der Waals surface area contributed by atoms with Crippen LogP contribution < -0.4 is 0 Å². The molecule has 0 spiro atoms. The summed E-state index contributed by atoms with van der Waals surface area (Å²) < 4.78 is 8.75. The average Bonchev–Trinajstić information content (AvgIpc) is 3.92. The van der Waals surface area contributed by atoms with Crippen LogP contribution in [0.2, 0.25) is 0 Å². The second-order valence-electron chi connectivity index (χ2n) is 17.1. The fourth-order valence-corrected chi connectivity index (χ4v) is 10.4. The minimum atomic E-state index is 0.587. The van der Waals surface area contributed by atoms with Gasteiger partial charge in [0.1, 0.15) is 11.2 Å². The fourth-order valence-electron chi connectivity index (χ4n) is 10.4. The molecule has 0 saturated heterocycles. The van der Waals surface area contributed by atoms with Gasteiger partial charge < -0.3 is 8.98 Å². The maximum absolute atomic E-state index is 6.26. The van der Waals surface area contributed by atoms with Gasteiger partial charge in [-0.3, -0.25) is 0 Å². The summed E-state index contributed by atoms with van der Waals surface area (Å²) in [7, 11) is 0. The molecule has 3 heterocycles. The van der Waals surface area contributed by atoms with Gasteiger partial charge in [0.15, 0.2) is 17.5 Å². The quantitative estimate of drug-likeness (QED) is 0.173. The Morgan fingerprint density at radius 2 is 0.924 bits per heavy atom. The first kappa shape index (κ1) is 36.5. The van der Waals surface area contributed by atoms with E-state index in [0.29, 0.717) is 17.5 Å². The molecule has 0 radical (unpaired) electrons. The van der Waals surface area contributed by atoms with Gasteiger partial charge >= 0.3 is 0 Å². The molecular formula is C61H36N4O. The van der Waals surface area contributed by atoms with Gasteiger partial charge in [0.05, 0.1) is 16.7 Å². The van der Waals surface area contributed by atoms with E-state index in [2.05, 4.69) is 180 Å². The lowest BCUT2D eigenvalue weighted by molar-refractivity contribution is 0.669. The van der Waals surface area contributed by atoms with Crippen LogP contribution in [0.5, 0.6) is 0 Å². The molecule has 11 aromatic carbocycles. The SMILES string of the molecule is c1ccc(-c2nc(-c3ccc4oc5ccccc5c4c3)nc(-c3c(-c4cccc5ccccc45)cc(-n4c5cc6ccccc6cc5c5c6ccccc6ccc54)c4ccccc34)n2)cc1. The van der Waals surface area contributed by atoms with E-state index in [0.717, 1.165) is 88.0 Å². The average molecular weight is 841 g/mol. The first-order chi connectivity index (χ1) is 32.7. The van der Waals surface area contributed by atoms with Crippen molar-refractivity contribution in [2.24, 2.45) is 0 Å². The number of aromatic nitrogens is 4. The third-order valence-electron chi connectivity index (χ3n) is 13.4. The highest BCUT2D eigenvalue weighted by Gasteiger charge is 2.25. The predicted molar refractivity (Wildman–Crippen MR) is 273 cm³/mol. The molecule has 0 amide bonds. The molecule has 306 valence electrons. The Morgan fingerprint density at radius 1 is 0.318 bits per heavy atom. The Bertz CT molecular complexity index is 4290. The van der Waals surface area contributed by atoms with E-state index >= 15 is 0 Å². The van der Waals surface area contributed by atoms with Gasteiger partial charge in [-0.15, -0.1) is 0 Å². The standard InChI is InChI=1S/C61H36N4O/c1-2-17-39(18-3-1)59-62-60(42-30-32-56-49(34-42)47-25-12-13-28-55(47)66-56)64-61(63-59)58-48-26-11-10-24-46(48)54(36-50(58)45-27-14-21-37-15-6-8-22-43(37)45)65-52-31-29-38-16-7-9-23-44(38)57(52)51-33-40-19-4-5-20-41(40)35-53(51)65/h1-36H. The van der Waals surface area contributed by atoms with Gasteiger partial charge in [-0.25, -0.2) is 15.0 Å². The van der Waals surface area contributed by atoms with Crippen molar-refractivity contribution in [2.45, 2.75) is 0 Å². The molecule has 0 bridgehead atoms. The van der Waals surface area contributed by atoms with Crippen molar-refractivity contribution in [3.63, 3.8) is 0 Å². The molecular weight excluding hydrogens is 805 g/mol. The summed E-state index contributed by atoms with van der Waals surface area (Å²) in [5.74, 6) is 1.79. The van der Waals surface area contributed by atoms with Crippen molar-refractivity contribution in [3.8, 4) is 51.0 Å². The van der Waals surface area contributed by atoms with Crippen LogP contribution in [0.15, 0.2) is 223 Å². The van der Waals surface area contributed by atoms with Gasteiger partial charge in [0.2, 0.25) is 0 Å². The molecule has 14 rings (SSSR count). The third kappa shape index (κ3) is 5.57. The highest BCUT2D eigenvalue weighted by Crippen LogP contribution is 2.46. The molecule has 66 heavy (non-hydrogen) atoms. The number of hydrogen-bond donors (Lipinski definition) is 0. The van der Waals surface area contributed by atoms with E-state index in [9.17, 15) is 0 Å². The normalized spacial score (nSPS) is 11.9. The predicted octanol–water partition coefficient (Wildman–Crippen LogP) is 16.1. The van der Waals surface area contributed by atoms with Crippen molar-refractivity contribution in [2.75, 3.05) is 0 Å². The Kier molecular flexibility index (Phi) is 7.91. The zero-order chi connectivity index (χ0) is 43.3. The first-order valence-electron chi connectivity index (χ1n) is 22.3. The molecule has 14 aromatic rings. The van der Waals surface area contributed by atoms with Crippen LogP contribution in [0.3, 0.4) is 0 Å². The molecule has 5 heteroatoms. The zero-order valence-corrected chi connectivity index (χ0v) is 35.5. The summed E-state index contributed by atoms with van der Waals surface area (Å²) in [6.07, 6.45) is 0. The molecule has 0 unspecified atom stereocenters. The Morgan fingerprint density at radius 3 is 1.74 bits per heavy atom. The summed E-state index contributed by atoms with van der Waals surface area (Å²) in [6, 6.07) is 77.7. The van der Waals surface area contributed by atoms with Crippen LogP contribution in [0.4, 0.5) is 0 Å². The summed E-state index contributed by atoms with van der Waals surface area (Å²) in [5, 5.41) is 13.8. The van der Waals surface area contributed by atoms with Crippen LogP contribution in [0.1, 0.15) is 0 Å². The van der Waals surface area contributed by atoms with Crippen LogP contribution in [0.25, 0.3) is 138 Å². The number of hydrogen-bond acceptors (Lipinski definition) is 4. The van der Waals surface area contributed by atoms with Crippen LogP contribution >= 0.6 is 0 Å². The second-order valence-corrected chi connectivity index (χ2v) is 17.1. The molecule has 0 fully saturated rings. The van der Waals surface area contributed by atoms with Crippen LogP contribution in [-0.2, 0) is 0 Å². The summed E-state index contributed by atoms with van der Waals surface area (Å²) in [4.78, 5) is 16.1. The molecule has 0 atom stereocenters. The van der Waals surface area contributed by atoms with Gasteiger partial charge in [-0.2, -0.15) is 0 Å². The molecule has 0 saturated carbocycles. The Balaban J connectivity index is 1.12. The third-order valence-corrected chi connectivity index (χ3v) is 13.4. The van der Waals surface area contributed by atoms with Gasteiger partial charge in [0.25, 0.3) is 0 Å². The van der Waals surface area contributed by atoms with E-state index in [-0.39, 0.29) is 0 Å². The van der Waals surface area contributed by atoms with Crippen molar-refractivity contribution in [3.05, 3.63) is 218 Å². The number of para-hydroxylation sites is 1. The molecule has 0 aliphatic heterocycles. The summed E-state index contributed by atoms with van der Waals surface area (Å²) >= 11 is 0. The van der Waals surface area contributed by atoms with Crippen molar-refractivity contribution < 1.29 is 4.42 Å². The van der Waals surface area contributed by atoms with E-state index < -0.39 is 0 Å². The van der Waals surface area contributed by atoms with Crippen molar-refractivity contribution >= 4 is 86.8 Å².